The fraction of sp³-hybridized carbons (Fsp3) is 0.143. The largest absolute Gasteiger partial charge is 0.326 e. The quantitative estimate of drug-likeness (QED) is 0.890. The number of rotatable bonds is 4. The third-order valence-corrected chi connectivity index (χ3v) is 5.04. The van der Waals surface area contributed by atoms with Gasteiger partial charge >= 0.3 is 0 Å². The molecule has 0 atom stereocenters. The molecule has 0 amide bonds. The molecule has 0 bridgehead atoms. The van der Waals surface area contributed by atoms with Gasteiger partial charge in [0.05, 0.1) is 5.02 Å². The van der Waals surface area contributed by atoms with E-state index in [0.717, 1.165) is 5.56 Å². The van der Waals surface area contributed by atoms with Crippen LogP contribution in [-0.2, 0) is 16.6 Å². The molecule has 21 heavy (non-hydrogen) atoms. The van der Waals surface area contributed by atoms with Gasteiger partial charge in [-0.1, -0.05) is 35.3 Å². The Morgan fingerprint density at radius 3 is 2.52 bits per heavy atom. The van der Waals surface area contributed by atoms with Crippen molar-refractivity contribution in [1.82, 2.24) is 0 Å². The molecule has 0 heterocycles. The molecule has 3 N–H and O–H groups in total. The van der Waals surface area contributed by atoms with Crippen molar-refractivity contribution in [2.45, 2.75) is 18.4 Å². The molecule has 0 saturated carbocycles. The summed E-state index contributed by atoms with van der Waals surface area (Å²) in [5.74, 6) is 0. The Bertz CT molecular complexity index is 777. The molecule has 7 heteroatoms. The third kappa shape index (κ3) is 3.68. The highest BCUT2D eigenvalue weighted by molar-refractivity contribution is 7.92. The van der Waals surface area contributed by atoms with E-state index in [2.05, 4.69) is 4.72 Å². The number of hydrogen-bond acceptors (Lipinski definition) is 3. The number of nitrogens with one attached hydrogen (secondary N) is 1. The fourth-order valence-corrected chi connectivity index (χ4v) is 3.87. The van der Waals surface area contributed by atoms with Gasteiger partial charge in [0.2, 0.25) is 0 Å². The first-order valence-corrected chi connectivity index (χ1v) is 8.35. The summed E-state index contributed by atoms with van der Waals surface area (Å²) in [4.78, 5) is -0.0846. The molecule has 0 aromatic heterocycles. The lowest BCUT2D eigenvalue weighted by atomic mass is 10.2. The van der Waals surface area contributed by atoms with Crippen LogP contribution in [0.4, 0.5) is 5.69 Å². The first-order chi connectivity index (χ1) is 9.83. The second-order valence-electron chi connectivity index (χ2n) is 4.56. The lowest BCUT2D eigenvalue weighted by Crippen LogP contribution is -2.14. The smallest absolute Gasteiger partial charge is 0.263 e. The van der Waals surface area contributed by atoms with Gasteiger partial charge in [0.15, 0.2) is 0 Å². The molecule has 0 aliphatic heterocycles. The zero-order valence-electron chi connectivity index (χ0n) is 11.2. The minimum atomic E-state index is -3.84. The normalized spacial score (nSPS) is 11.4. The van der Waals surface area contributed by atoms with Crippen LogP contribution >= 0.6 is 23.2 Å². The highest BCUT2D eigenvalue weighted by atomic mass is 35.5. The maximum atomic E-state index is 12.5. The van der Waals surface area contributed by atoms with Crippen molar-refractivity contribution >= 4 is 38.9 Å². The van der Waals surface area contributed by atoms with Crippen molar-refractivity contribution in [3.05, 3.63) is 57.6 Å². The van der Waals surface area contributed by atoms with E-state index < -0.39 is 10.0 Å². The monoisotopic (exact) mass is 344 g/mol. The van der Waals surface area contributed by atoms with Crippen LogP contribution in [0.3, 0.4) is 0 Å². The van der Waals surface area contributed by atoms with Crippen molar-refractivity contribution in [2.75, 3.05) is 4.72 Å². The van der Waals surface area contributed by atoms with E-state index in [1.807, 2.05) is 13.0 Å². The molecule has 4 nitrogen and oxygen atoms in total. The number of aryl methyl sites for hydroxylation is 1. The van der Waals surface area contributed by atoms with Crippen LogP contribution in [0.2, 0.25) is 10.0 Å². The number of halogens is 2. The number of hydrogen-bond donors (Lipinski definition) is 2. The summed E-state index contributed by atoms with van der Waals surface area (Å²) in [7, 11) is -3.84. The van der Waals surface area contributed by atoms with Crippen LogP contribution in [0.5, 0.6) is 0 Å². The first-order valence-electron chi connectivity index (χ1n) is 6.11. The highest BCUT2D eigenvalue weighted by Gasteiger charge is 2.21. The minimum Gasteiger partial charge on any atom is -0.326 e. The average Bonchev–Trinajstić information content (AvgIpc) is 2.40. The topological polar surface area (TPSA) is 72.2 Å². The number of benzene rings is 2. The van der Waals surface area contributed by atoms with E-state index in [-0.39, 0.29) is 21.5 Å². The molecule has 0 radical (unpaired) electrons. The second-order valence-corrected chi connectivity index (χ2v) is 7.02. The Morgan fingerprint density at radius 2 is 1.90 bits per heavy atom. The molecule has 0 fully saturated rings. The zero-order chi connectivity index (χ0) is 15.6. The summed E-state index contributed by atoms with van der Waals surface area (Å²) in [5, 5.41) is 0.353. The molecular weight excluding hydrogens is 331 g/mol. The molecule has 2 rings (SSSR count). The molecule has 0 aliphatic carbocycles. The van der Waals surface area contributed by atoms with Gasteiger partial charge in [-0.05, 0) is 42.3 Å². The molecule has 0 saturated heterocycles. The molecule has 0 unspecified atom stereocenters. The SMILES string of the molecule is Cc1cccc(NS(=O)(=O)c2cc(Cl)cc(CN)c2Cl)c1. The molecular formula is C14H14Cl2N2O2S. The van der Waals surface area contributed by atoms with Gasteiger partial charge in [-0.15, -0.1) is 0 Å². The van der Waals surface area contributed by atoms with Crippen LogP contribution in [-0.4, -0.2) is 8.42 Å². The van der Waals surface area contributed by atoms with Crippen LogP contribution in [0.1, 0.15) is 11.1 Å². The summed E-state index contributed by atoms with van der Waals surface area (Å²) in [6, 6.07) is 9.87. The summed E-state index contributed by atoms with van der Waals surface area (Å²) in [6.07, 6.45) is 0. The number of sulfonamides is 1. The predicted octanol–water partition coefficient (Wildman–Crippen LogP) is 3.56. The molecule has 112 valence electrons. The summed E-state index contributed by atoms with van der Waals surface area (Å²) >= 11 is 12.0. The summed E-state index contributed by atoms with van der Waals surface area (Å²) in [6.45, 7) is 1.98. The average molecular weight is 345 g/mol. The van der Waals surface area contributed by atoms with E-state index in [1.165, 1.54) is 6.07 Å². The van der Waals surface area contributed by atoms with Gasteiger partial charge in [-0.25, -0.2) is 8.42 Å². The third-order valence-electron chi connectivity index (χ3n) is 2.86. The summed E-state index contributed by atoms with van der Waals surface area (Å²) in [5.41, 5.74) is 7.42. The molecule has 2 aromatic rings. The maximum Gasteiger partial charge on any atom is 0.263 e. The van der Waals surface area contributed by atoms with Crippen LogP contribution in [0, 0.1) is 6.92 Å². The Morgan fingerprint density at radius 1 is 1.19 bits per heavy atom. The highest BCUT2D eigenvalue weighted by Crippen LogP contribution is 2.30. The van der Waals surface area contributed by atoms with E-state index in [4.69, 9.17) is 28.9 Å². The molecule has 0 spiro atoms. The lowest BCUT2D eigenvalue weighted by Gasteiger charge is -2.12. The molecule has 0 aliphatic rings. The van der Waals surface area contributed by atoms with Crippen molar-refractivity contribution in [3.63, 3.8) is 0 Å². The number of anilines is 1. The van der Waals surface area contributed by atoms with Gasteiger partial charge < -0.3 is 5.73 Å². The molecule has 2 aromatic carbocycles. The zero-order valence-corrected chi connectivity index (χ0v) is 13.6. The van der Waals surface area contributed by atoms with Crippen molar-refractivity contribution in [2.24, 2.45) is 5.73 Å². The summed E-state index contributed by atoms with van der Waals surface area (Å²) < 4.78 is 27.4. The van der Waals surface area contributed by atoms with Gasteiger partial charge in [0.1, 0.15) is 4.90 Å². The minimum absolute atomic E-state index is 0.0846. The van der Waals surface area contributed by atoms with Crippen molar-refractivity contribution in [3.8, 4) is 0 Å². The standard InChI is InChI=1S/C14H14Cl2N2O2S/c1-9-3-2-4-12(5-9)18-21(19,20)13-7-11(15)6-10(8-17)14(13)16/h2-7,18H,8,17H2,1H3. The van der Waals surface area contributed by atoms with Crippen LogP contribution in [0.15, 0.2) is 41.3 Å². The number of nitrogens with two attached hydrogens (primary N) is 1. The maximum absolute atomic E-state index is 12.5. The van der Waals surface area contributed by atoms with E-state index in [0.29, 0.717) is 11.3 Å². The van der Waals surface area contributed by atoms with Gasteiger partial charge in [-0.2, -0.15) is 0 Å². The Hall–Kier alpha value is -1.27. The van der Waals surface area contributed by atoms with Crippen LogP contribution < -0.4 is 10.5 Å². The van der Waals surface area contributed by atoms with Gasteiger partial charge in [-0.3, -0.25) is 4.72 Å². The second kappa shape index (κ2) is 6.23. The Kier molecular flexibility index (Phi) is 4.78. The lowest BCUT2D eigenvalue weighted by molar-refractivity contribution is 0.601. The predicted molar refractivity (Wildman–Crippen MR) is 86.3 cm³/mol. The van der Waals surface area contributed by atoms with Crippen molar-refractivity contribution in [1.29, 1.82) is 0 Å². The fourth-order valence-electron chi connectivity index (χ4n) is 1.88. The van der Waals surface area contributed by atoms with E-state index in [9.17, 15) is 8.42 Å². The van der Waals surface area contributed by atoms with Gasteiger partial charge in [0.25, 0.3) is 10.0 Å². The Balaban J connectivity index is 2.47. The van der Waals surface area contributed by atoms with Crippen LogP contribution in [0.25, 0.3) is 0 Å². The van der Waals surface area contributed by atoms with Crippen molar-refractivity contribution < 1.29 is 8.42 Å². The Labute approximate surface area is 133 Å². The van der Waals surface area contributed by atoms with E-state index >= 15 is 0 Å². The van der Waals surface area contributed by atoms with E-state index in [1.54, 1.807) is 24.3 Å². The van der Waals surface area contributed by atoms with Gasteiger partial charge in [0, 0.05) is 17.3 Å². The first kappa shape index (κ1) is 16.1.